The Morgan fingerprint density at radius 1 is 1.38 bits per heavy atom. The number of carbonyl (C=O) groups excluding carboxylic acids is 1. The number of nitrogens with zero attached hydrogens (tertiary/aromatic N) is 2. The van der Waals surface area contributed by atoms with Gasteiger partial charge in [-0.25, -0.2) is 4.98 Å². The number of hydrogen-bond donors (Lipinski definition) is 1. The standard InChI is InChI=1S/C17H12ClN3OS2/c1-10(16(22)20-13-5-3-2-4-11(13)9-19)23-17-21-14-8-12(18)6-7-15(14)24-17/h2-8,10H,1H3,(H,20,22)/t10-/m0/s1. The van der Waals surface area contributed by atoms with Crippen molar-refractivity contribution in [1.82, 2.24) is 4.98 Å². The van der Waals surface area contributed by atoms with Gasteiger partial charge in [0.1, 0.15) is 6.07 Å². The summed E-state index contributed by atoms with van der Waals surface area (Å²) in [6.07, 6.45) is 0. The molecule has 24 heavy (non-hydrogen) atoms. The van der Waals surface area contributed by atoms with Gasteiger partial charge in [0.2, 0.25) is 5.91 Å². The fourth-order valence-corrected chi connectivity index (χ4v) is 4.42. The van der Waals surface area contributed by atoms with Crippen molar-refractivity contribution in [3.63, 3.8) is 0 Å². The predicted molar refractivity (Wildman–Crippen MR) is 99.7 cm³/mol. The summed E-state index contributed by atoms with van der Waals surface area (Å²) in [4.78, 5) is 16.9. The van der Waals surface area contributed by atoms with Crippen molar-refractivity contribution in [1.29, 1.82) is 5.26 Å². The molecule has 3 rings (SSSR count). The van der Waals surface area contributed by atoms with E-state index in [9.17, 15) is 4.79 Å². The van der Waals surface area contributed by atoms with Crippen LogP contribution in [0.5, 0.6) is 0 Å². The summed E-state index contributed by atoms with van der Waals surface area (Å²) >= 11 is 8.88. The van der Waals surface area contributed by atoms with Crippen LogP contribution in [-0.4, -0.2) is 16.1 Å². The Morgan fingerprint density at radius 2 is 2.17 bits per heavy atom. The van der Waals surface area contributed by atoms with Gasteiger partial charge in [-0.15, -0.1) is 11.3 Å². The number of thioether (sulfide) groups is 1. The number of halogens is 1. The SMILES string of the molecule is C[C@H](Sc1nc2cc(Cl)ccc2s1)C(=O)Nc1ccccc1C#N. The van der Waals surface area contributed by atoms with E-state index in [0.29, 0.717) is 16.3 Å². The molecule has 4 nitrogen and oxygen atoms in total. The van der Waals surface area contributed by atoms with Gasteiger partial charge < -0.3 is 5.32 Å². The van der Waals surface area contributed by atoms with Crippen molar-refractivity contribution in [3.8, 4) is 6.07 Å². The highest BCUT2D eigenvalue weighted by atomic mass is 35.5. The zero-order valence-corrected chi connectivity index (χ0v) is 15.0. The van der Waals surface area contributed by atoms with Crippen LogP contribution in [0.2, 0.25) is 5.02 Å². The molecule has 1 heterocycles. The summed E-state index contributed by atoms with van der Waals surface area (Å²) in [5, 5.41) is 12.2. The molecule has 0 bridgehead atoms. The number of anilines is 1. The Kier molecular flexibility index (Phi) is 5.05. The molecule has 0 aliphatic carbocycles. The fourth-order valence-electron chi connectivity index (χ4n) is 2.06. The van der Waals surface area contributed by atoms with Crippen molar-refractivity contribution in [2.75, 3.05) is 5.32 Å². The number of para-hydroxylation sites is 1. The molecule has 1 atom stereocenters. The lowest BCUT2D eigenvalue weighted by atomic mass is 10.2. The Hall–Kier alpha value is -2.07. The number of aromatic nitrogens is 1. The number of thiazole rings is 1. The first-order chi connectivity index (χ1) is 11.6. The van der Waals surface area contributed by atoms with Crippen molar-refractivity contribution in [3.05, 3.63) is 53.1 Å². The molecule has 0 unspecified atom stereocenters. The average Bonchev–Trinajstić information content (AvgIpc) is 2.96. The van der Waals surface area contributed by atoms with E-state index in [1.165, 1.54) is 23.1 Å². The number of nitrogens with one attached hydrogen (secondary N) is 1. The highest BCUT2D eigenvalue weighted by Crippen LogP contribution is 2.33. The third-order valence-electron chi connectivity index (χ3n) is 3.28. The molecule has 0 saturated heterocycles. The van der Waals surface area contributed by atoms with Crippen molar-refractivity contribution in [2.45, 2.75) is 16.5 Å². The first-order valence-electron chi connectivity index (χ1n) is 7.09. The van der Waals surface area contributed by atoms with Gasteiger partial charge in [0, 0.05) is 5.02 Å². The fraction of sp³-hybridized carbons (Fsp3) is 0.118. The van der Waals surface area contributed by atoms with Crippen LogP contribution in [0.25, 0.3) is 10.2 Å². The minimum Gasteiger partial charge on any atom is -0.324 e. The Morgan fingerprint density at radius 3 is 2.96 bits per heavy atom. The molecule has 0 aliphatic rings. The number of benzene rings is 2. The molecule has 0 saturated carbocycles. The normalized spacial score (nSPS) is 11.9. The third-order valence-corrected chi connectivity index (χ3v) is 5.75. The summed E-state index contributed by atoms with van der Waals surface area (Å²) in [5.41, 5.74) is 1.80. The second kappa shape index (κ2) is 7.22. The van der Waals surface area contributed by atoms with Gasteiger partial charge >= 0.3 is 0 Å². The van der Waals surface area contributed by atoms with Gasteiger partial charge in [-0.1, -0.05) is 35.5 Å². The van der Waals surface area contributed by atoms with Gasteiger partial charge in [-0.05, 0) is 37.3 Å². The maximum atomic E-state index is 12.4. The van der Waals surface area contributed by atoms with Crippen molar-refractivity contribution in [2.24, 2.45) is 0 Å². The minimum absolute atomic E-state index is 0.167. The van der Waals surface area contributed by atoms with E-state index >= 15 is 0 Å². The first-order valence-corrected chi connectivity index (χ1v) is 9.17. The Labute approximate surface area is 152 Å². The topological polar surface area (TPSA) is 65.8 Å². The molecule has 120 valence electrons. The van der Waals surface area contributed by atoms with Crippen LogP contribution in [0.4, 0.5) is 5.69 Å². The number of nitriles is 1. The molecule has 0 spiro atoms. The number of carbonyl (C=O) groups is 1. The second-order valence-electron chi connectivity index (χ2n) is 5.00. The number of hydrogen-bond acceptors (Lipinski definition) is 5. The van der Waals surface area contributed by atoms with E-state index in [-0.39, 0.29) is 11.2 Å². The molecule has 0 aliphatic heterocycles. The molecule has 7 heteroatoms. The van der Waals surface area contributed by atoms with E-state index in [1.807, 2.05) is 25.1 Å². The van der Waals surface area contributed by atoms with Crippen LogP contribution in [0.3, 0.4) is 0 Å². The van der Waals surface area contributed by atoms with Crippen LogP contribution >= 0.6 is 34.7 Å². The highest BCUT2D eigenvalue weighted by molar-refractivity contribution is 8.02. The summed E-state index contributed by atoms with van der Waals surface area (Å²) in [5.74, 6) is -0.167. The number of amides is 1. The van der Waals surface area contributed by atoms with Crippen LogP contribution < -0.4 is 5.32 Å². The molecule has 2 aromatic carbocycles. The Balaban J connectivity index is 1.72. The lowest BCUT2D eigenvalue weighted by Crippen LogP contribution is -2.22. The first kappa shape index (κ1) is 16.8. The monoisotopic (exact) mass is 373 g/mol. The summed E-state index contributed by atoms with van der Waals surface area (Å²) in [6, 6.07) is 14.6. The van der Waals surface area contributed by atoms with Gasteiger partial charge in [-0.3, -0.25) is 4.79 Å². The van der Waals surface area contributed by atoms with Crippen LogP contribution in [0, 0.1) is 11.3 Å². The molecule has 1 aromatic heterocycles. The zero-order valence-electron chi connectivity index (χ0n) is 12.6. The minimum atomic E-state index is -0.340. The zero-order chi connectivity index (χ0) is 17.1. The van der Waals surface area contributed by atoms with Gasteiger partial charge in [-0.2, -0.15) is 5.26 Å². The predicted octanol–water partition coefficient (Wildman–Crippen LogP) is 4.94. The van der Waals surface area contributed by atoms with Gasteiger partial charge in [0.05, 0.1) is 26.7 Å². The molecular formula is C17H12ClN3OS2. The molecule has 1 N–H and O–H groups in total. The quantitative estimate of drug-likeness (QED) is 0.658. The molecular weight excluding hydrogens is 362 g/mol. The van der Waals surface area contributed by atoms with Gasteiger partial charge in [0.25, 0.3) is 0 Å². The summed E-state index contributed by atoms with van der Waals surface area (Å²) < 4.78 is 1.84. The summed E-state index contributed by atoms with van der Waals surface area (Å²) in [7, 11) is 0. The maximum absolute atomic E-state index is 12.4. The van der Waals surface area contributed by atoms with Crippen LogP contribution in [0.1, 0.15) is 12.5 Å². The lowest BCUT2D eigenvalue weighted by Gasteiger charge is -2.11. The lowest BCUT2D eigenvalue weighted by molar-refractivity contribution is -0.115. The van der Waals surface area contributed by atoms with E-state index in [0.717, 1.165) is 14.6 Å². The highest BCUT2D eigenvalue weighted by Gasteiger charge is 2.18. The molecule has 3 aromatic rings. The van der Waals surface area contributed by atoms with Crippen molar-refractivity contribution >= 4 is 56.5 Å². The van der Waals surface area contributed by atoms with Crippen LogP contribution in [-0.2, 0) is 4.79 Å². The third kappa shape index (κ3) is 3.70. The number of fused-ring (bicyclic) bond motifs is 1. The molecule has 0 radical (unpaired) electrons. The van der Waals surface area contributed by atoms with E-state index in [1.54, 1.807) is 24.3 Å². The second-order valence-corrected chi connectivity index (χ2v) is 8.05. The van der Waals surface area contributed by atoms with E-state index in [4.69, 9.17) is 16.9 Å². The van der Waals surface area contributed by atoms with E-state index < -0.39 is 0 Å². The molecule has 1 amide bonds. The summed E-state index contributed by atoms with van der Waals surface area (Å²) in [6.45, 7) is 1.81. The Bertz CT molecular complexity index is 948. The van der Waals surface area contributed by atoms with E-state index in [2.05, 4.69) is 16.4 Å². The smallest absolute Gasteiger partial charge is 0.237 e. The van der Waals surface area contributed by atoms with Crippen LogP contribution in [0.15, 0.2) is 46.8 Å². The van der Waals surface area contributed by atoms with Crippen molar-refractivity contribution < 1.29 is 4.79 Å². The number of rotatable bonds is 4. The average molecular weight is 374 g/mol. The molecule has 0 fully saturated rings. The largest absolute Gasteiger partial charge is 0.324 e. The van der Waals surface area contributed by atoms with Gasteiger partial charge in [0.15, 0.2) is 4.34 Å². The maximum Gasteiger partial charge on any atom is 0.237 e.